The van der Waals surface area contributed by atoms with Crippen LogP contribution >= 0.6 is 0 Å². The van der Waals surface area contributed by atoms with Crippen LogP contribution in [0.2, 0.25) is 0 Å². The molecule has 1 saturated heterocycles. The van der Waals surface area contributed by atoms with Crippen LogP contribution in [0, 0.1) is 11.8 Å². The quantitative estimate of drug-likeness (QED) is 0.271. The van der Waals surface area contributed by atoms with E-state index in [-0.39, 0.29) is 24.7 Å². The summed E-state index contributed by atoms with van der Waals surface area (Å²) in [6.07, 6.45) is 7.75. The van der Waals surface area contributed by atoms with Crippen molar-refractivity contribution >= 4 is 22.8 Å². The molecule has 238 valence electrons. The molecule has 3 heterocycles. The number of carboxylic acids is 1. The summed E-state index contributed by atoms with van der Waals surface area (Å²) >= 11 is 0. The molecule has 44 heavy (non-hydrogen) atoms. The van der Waals surface area contributed by atoms with Gasteiger partial charge in [-0.15, -0.1) is 0 Å². The molecule has 2 aliphatic carbocycles. The third-order valence-corrected chi connectivity index (χ3v) is 9.73. The highest BCUT2D eigenvalue weighted by Gasteiger charge is 2.55. The summed E-state index contributed by atoms with van der Waals surface area (Å²) in [5.41, 5.74) is 1.87. The highest BCUT2D eigenvalue weighted by Crippen LogP contribution is 2.49. The second kappa shape index (κ2) is 12.5. The number of nitrogens with one attached hydrogen (secondary N) is 1. The molecule has 0 unspecified atom stereocenters. The monoisotopic (exact) mass is 607 g/mol. The molecular weight excluding hydrogens is 562 g/mol. The zero-order valence-electron chi connectivity index (χ0n) is 26.4. The summed E-state index contributed by atoms with van der Waals surface area (Å²) in [7, 11) is 3.30. The Morgan fingerprint density at radius 1 is 1.14 bits per heavy atom. The number of methoxy groups -OCH3 is 2. The van der Waals surface area contributed by atoms with E-state index in [1.807, 2.05) is 32.0 Å². The first-order valence-electron chi connectivity index (χ1n) is 15.8. The summed E-state index contributed by atoms with van der Waals surface area (Å²) in [5.74, 6) is 1.74. The number of hydrogen-bond donors (Lipinski definition) is 2. The normalized spacial score (nSPS) is 27.3. The van der Waals surface area contributed by atoms with Crippen LogP contribution in [0.5, 0.6) is 11.5 Å². The number of fused-ring (bicyclic) bond motifs is 2. The van der Waals surface area contributed by atoms with Crippen LogP contribution in [0.1, 0.15) is 64.5 Å². The zero-order chi connectivity index (χ0) is 31.0. The Kier molecular flexibility index (Phi) is 8.72. The molecule has 3 aliphatic rings. The largest absolute Gasteiger partial charge is 0.497 e. The fraction of sp³-hybridized carbons (Fsp3) is 0.606. The van der Waals surface area contributed by atoms with Gasteiger partial charge in [-0.1, -0.05) is 6.92 Å². The first kappa shape index (κ1) is 30.6. The maximum Gasteiger partial charge on any atom is 0.303 e. The Morgan fingerprint density at radius 2 is 1.93 bits per heavy atom. The first-order chi connectivity index (χ1) is 21.2. The molecule has 6 rings (SSSR count). The Labute approximate surface area is 258 Å². The van der Waals surface area contributed by atoms with Gasteiger partial charge >= 0.3 is 5.97 Å². The van der Waals surface area contributed by atoms with Crippen LogP contribution < -0.4 is 14.8 Å². The predicted molar refractivity (Wildman–Crippen MR) is 166 cm³/mol. The van der Waals surface area contributed by atoms with Crippen LogP contribution in [0.3, 0.4) is 0 Å². The number of ether oxygens (including phenoxy) is 4. The van der Waals surface area contributed by atoms with E-state index < -0.39 is 11.8 Å². The van der Waals surface area contributed by atoms with Gasteiger partial charge in [0.05, 0.1) is 31.8 Å². The van der Waals surface area contributed by atoms with Gasteiger partial charge in [0.25, 0.3) is 0 Å². The van der Waals surface area contributed by atoms with Gasteiger partial charge in [0.1, 0.15) is 35.4 Å². The van der Waals surface area contributed by atoms with E-state index in [9.17, 15) is 4.79 Å². The SMILES string of the molecule is CCN(C[C@H]1C[C@@H](n2ccc3c(NCc4ccc(OC)cc4OC)ncnc32)[C@@H]2OC(C)(C)O[C@H]12)C1CC(CCC(=O)O)C1. The van der Waals surface area contributed by atoms with E-state index in [1.165, 1.54) is 0 Å². The highest BCUT2D eigenvalue weighted by molar-refractivity contribution is 5.87. The van der Waals surface area contributed by atoms with Crippen LogP contribution in [0.4, 0.5) is 5.82 Å². The Balaban J connectivity index is 1.18. The van der Waals surface area contributed by atoms with E-state index >= 15 is 0 Å². The summed E-state index contributed by atoms with van der Waals surface area (Å²) in [6, 6.07) is 8.46. The van der Waals surface area contributed by atoms with Crippen LogP contribution in [0.15, 0.2) is 36.8 Å². The van der Waals surface area contributed by atoms with Gasteiger partial charge in [0.15, 0.2) is 5.79 Å². The van der Waals surface area contributed by atoms with Crippen molar-refractivity contribution in [3.05, 3.63) is 42.4 Å². The molecule has 3 aromatic rings. The van der Waals surface area contributed by atoms with Crippen molar-refractivity contribution in [3.8, 4) is 11.5 Å². The molecule has 3 fully saturated rings. The summed E-state index contributed by atoms with van der Waals surface area (Å²) in [6.45, 7) is 8.66. The molecule has 11 heteroatoms. The molecule has 0 amide bonds. The van der Waals surface area contributed by atoms with E-state index in [4.69, 9.17) is 29.0 Å². The standard InChI is InChI=1S/C33H45N5O6/c1-6-37(23-13-20(14-23)7-10-28(39)40)18-22-15-26(30-29(22)43-33(2,3)44-30)38-12-11-25-31(35-19-36-32(25)38)34-17-21-8-9-24(41-4)16-27(21)42-5/h8-9,11-12,16,19-20,22-23,26,29-30H,6-7,10,13-15,17-18H2,1-5H3,(H,39,40)(H,34,35,36)/t20?,22-,23?,26-,29-,30+/m1/s1. The van der Waals surface area contributed by atoms with E-state index in [1.54, 1.807) is 20.5 Å². The molecule has 1 aliphatic heterocycles. The van der Waals surface area contributed by atoms with Crippen LogP contribution in [0.25, 0.3) is 11.0 Å². The lowest BCUT2D eigenvalue weighted by Crippen LogP contribution is -2.48. The lowest BCUT2D eigenvalue weighted by atomic mass is 9.76. The van der Waals surface area contributed by atoms with Gasteiger partial charge < -0.3 is 38.8 Å². The highest BCUT2D eigenvalue weighted by atomic mass is 16.8. The minimum absolute atomic E-state index is 0.00801. The van der Waals surface area contributed by atoms with Gasteiger partial charge in [-0.3, -0.25) is 4.79 Å². The Hall–Kier alpha value is -3.41. The van der Waals surface area contributed by atoms with Crippen LogP contribution in [-0.4, -0.2) is 81.9 Å². The second-order valence-electron chi connectivity index (χ2n) is 12.9. The van der Waals surface area contributed by atoms with Crippen molar-refractivity contribution in [1.29, 1.82) is 0 Å². The maximum atomic E-state index is 11.0. The van der Waals surface area contributed by atoms with E-state index in [2.05, 4.69) is 39.0 Å². The number of aromatic nitrogens is 3. The third kappa shape index (κ3) is 6.09. The lowest BCUT2D eigenvalue weighted by Gasteiger charge is -2.44. The zero-order valence-corrected chi connectivity index (χ0v) is 26.4. The van der Waals surface area contributed by atoms with Crippen molar-refractivity contribution in [1.82, 2.24) is 19.4 Å². The number of benzene rings is 1. The topological polar surface area (TPSA) is 120 Å². The molecule has 2 N–H and O–H groups in total. The Morgan fingerprint density at radius 3 is 2.66 bits per heavy atom. The van der Waals surface area contributed by atoms with Gasteiger partial charge in [-0.25, -0.2) is 9.97 Å². The fourth-order valence-electron chi connectivity index (χ4n) is 7.46. The number of rotatable bonds is 13. The van der Waals surface area contributed by atoms with Crippen molar-refractivity contribution in [3.63, 3.8) is 0 Å². The number of carboxylic acid groups (broad SMARTS) is 1. The molecule has 0 radical (unpaired) electrons. The molecule has 0 bridgehead atoms. The van der Waals surface area contributed by atoms with Crippen LogP contribution in [-0.2, 0) is 20.8 Å². The third-order valence-electron chi connectivity index (χ3n) is 9.73. The fourth-order valence-corrected chi connectivity index (χ4v) is 7.46. The number of anilines is 1. The Bertz CT molecular complexity index is 1470. The number of aliphatic carboxylic acids is 1. The second-order valence-corrected chi connectivity index (χ2v) is 12.9. The number of carbonyl (C=O) groups is 1. The van der Waals surface area contributed by atoms with Crippen molar-refractivity contribution in [2.75, 3.05) is 32.6 Å². The molecule has 1 aromatic carbocycles. The molecule has 0 spiro atoms. The predicted octanol–water partition coefficient (Wildman–Crippen LogP) is 5.11. The molecule has 2 aromatic heterocycles. The molecular formula is C33H45N5O6. The average molecular weight is 608 g/mol. The van der Waals surface area contributed by atoms with Gasteiger partial charge in [0.2, 0.25) is 0 Å². The van der Waals surface area contributed by atoms with Crippen molar-refractivity contribution < 1.29 is 28.8 Å². The van der Waals surface area contributed by atoms with Gasteiger partial charge in [-0.2, -0.15) is 0 Å². The van der Waals surface area contributed by atoms with E-state index in [0.29, 0.717) is 24.4 Å². The van der Waals surface area contributed by atoms with Crippen molar-refractivity contribution in [2.45, 2.75) is 89.5 Å². The lowest BCUT2D eigenvalue weighted by molar-refractivity contribution is -0.161. The smallest absolute Gasteiger partial charge is 0.303 e. The molecule has 2 saturated carbocycles. The number of hydrogen-bond acceptors (Lipinski definition) is 9. The molecule has 4 atom stereocenters. The first-order valence-corrected chi connectivity index (χ1v) is 15.8. The van der Waals surface area contributed by atoms with Gasteiger partial charge in [0, 0.05) is 49.3 Å². The van der Waals surface area contributed by atoms with Gasteiger partial charge in [-0.05, 0) is 70.2 Å². The number of nitrogens with zero attached hydrogens (tertiary/aromatic N) is 4. The minimum atomic E-state index is -0.701. The molecule has 11 nitrogen and oxygen atoms in total. The summed E-state index contributed by atoms with van der Waals surface area (Å²) in [5, 5.41) is 13.5. The van der Waals surface area contributed by atoms with E-state index in [0.717, 1.165) is 72.7 Å². The maximum absolute atomic E-state index is 11.0. The average Bonchev–Trinajstić information content (AvgIpc) is 3.65. The summed E-state index contributed by atoms with van der Waals surface area (Å²) in [4.78, 5) is 22.9. The minimum Gasteiger partial charge on any atom is -0.497 e. The summed E-state index contributed by atoms with van der Waals surface area (Å²) < 4.78 is 26.3. The van der Waals surface area contributed by atoms with Crippen molar-refractivity contribution in [2.24, 2.45) is 11.8 Å².